The van der Waals surface area contributed by atoms with E-state index in [1.165, 1.54) is 0 Å². The average Bonchev–Trinajstić information content (AvgIpc) is 2.25. The second-order valence-corrected chi connectivity index (χ2v) is 3.38. The van der Waals surface area contributed by atoms with Crippen molar-refractivity contribution in [1.29, 1.82) is 0 Å². The van der Waals surface area contributed by atoms with Gasteiger partial charge in [0, 0.05) is 5.69 Å². The van der Waals surface area contributed by atoms with E-state index >= 15 is 0 Å². The van der Waals surface area contributed by atoms with Crippen molar-refractivity contribution in [1.82, 2.24) is 5.48 Å². The standard InChI is InChI=1S/C11H14N2O3/c1-8-3-4-10(9(2)5-8)12-6-11(15)16-13-7-14/h3-5,7,12H,6H2,1-2H3,(H,13,14). The lowest BCUT2D eigenvalue weighted by Crippen LogP contribution is -2.24. The van der Waals surface area contributed by atoms with Crippen LogP contribution in [0.4, 0.5) is 5.69 Å². The Morgan fingerprint density at radius 1 is 1.44 bits per heavy atom. The number of nitrogens with one attached hydrogen (secondary N) is 2. The molecule has 0 radical (unpaired) electrons. The van der Waals surface area contributed by atoms with Gasteiger partial charge in [0.15, 0.2) is 0 Å². The minimum atomic E-state index is -0.549. The summed E-state index contributed by atoms with van der Waals surface area (Å²) in [5.74, 6) is -0.549. The number of hydrogen-bond acceptors (Lipinski definition) is 4. The first kappa shape index (κ1) is 12.0. The van der Waals surface area contributed by atoms with E-state index < -0.39 is 5.97 Å². The maximum absolute atomic E-state index is 11.0. The molecule has 0 aliphatic heterocycles. The van der Waals surface area contributed by atoms with Crippen molar-refractivity contribution in [3.05, 3.63) is 29.3 Å². The Balaban J connectivity index is 2.48. The van der Waals surface area contributed by atoms with Crippen molar-refractivity contribution in [3.8, 4) is 0 Å². The van der Waals surface area contributed by atoms with Gasteiger partial charge in [-0.2, -0.15) is 5.48 Å². The molecule has 1 aromatic rings. The monoisotopic (exact) mass is 222 g/mol. The first-order valence-corrected chi connectivity index (χ1v) is 4.83. The number of hydroxylamine groups is 1. The van der Waals surface area contributed by atoms with Gasteiger partial charge in [0.2, 0.25) is 6.41 Å². The van der Waals surface area contributed by atoms with Gasteiger partial charge in [-0.15, -0.1) is 0 Å². The molecule has 0 saturated carbocycles. The molecule has 16 heavy (non-hydrogen) atoms. The molecule has 0 saturated heterocycles. The molecular formula is C11H14N2O3. The van der Waals surface area contributed by atoms with Crippen molar-refractivity contribution in [3.63, 3.8) is 0 Å². The highest BCUT2D eigenvalue weighted by atomic mass is 16.7. The third kappa shape index (κ3) is 3.61. The van der Waals surface area contributed by atoms with Crippen molar-refractivity contribution in [2.75, 3.05) is 11.9 Å². The van der Waals surface area contributed by atoms with Crippen LogP contribution in [0, 0.1) is 13.8 Å². The van der Waals surface area contributed by atoms with Crippen LogP contribution in [-0.4, -0.2) is 18.9 Å². The number of hydrogen-bond donors (Lipinski definition) is 2. The largest absolute Gasteiger partial charge is 0.374 e. The van der Waals surface area contributed by atoms with Gasteiger partial charge in [-0.05, 0) is 25.5 Å². The lowest BCUT2D eigenvalue weighted by Gasteiger charge is -2.09. The van der Waals surface area contributed by atoms with Crippen LogP contribution in [0.25, 0.3) is 0 Å². The van der Waals surface area contributed by atoms with Crippen LogP contribution >= 0.6 is 0 Å². The smallest absolute Gasteiger partial charge is 0.351 e. The molecule has 0 heterocycles. The highest BCUT2D eigenvalue weighted by Gasteiger charge is 2.03. The van der Waals surface area contributed by atoms with E-state index in [1.54, 1.807) is 0 Å². The Morgan fingerprint density at radius 3 is 2.81 bits per heavy atom. The molecule has 0 spiro atoms. The molecule has 0 aromatic heterocycles. The quantitative estimate of drug-likeness (QED) is 0.574. The molecule has 0 aliphatic carbocycles. The Kier molecular flexibility index (Phi) is 4.32. The Hall–Kier alpha value is -2.04. The van der Waals surface area contributed by atoms with Crippen LogP contribution in [-0.2, 0) is 14.4 Å². The van der Waals surface area contributed by atoms with Crippen molar-refractivity contribution < 1.29 is 14.4 Å². The number of benzene rings is 1. The van der Waals surface area contributed by atoms with Crippen molar-refractivity contribution in [2.24, 2.45) is 0 Å². The van der Waals surface area contributed by atoms with Crippen LogP contribution in [0.15, 0.2) is 18.2 Å². The second kappa shape index (κ2) is 5.75. The zero-order chi connectivity index (χ0) is 12.0. The van der Waals surface area contributed by atoms with E-state index in [2.05, 4.69) is 10.2 Å². The molecule has 0 atom stereocenters. The molecule has 2 N–H and O–H groups in total. The van der Waals surface area contributed by atoms with Gasteiger partial charge in [0.25, 0.3) is 0 Å². The maximum Gasteiger partial charge on any atom is 0.351 e. The van der Waals surface area contributed by atoms with E-state index in [9.17, 15) is 9.59 Å². The van der Waals surface area contributed by atoms with Gasteiger partial charge in [-0.25, -0.2) is 4.79 Å². The van der Waals surface area contributed by atoms with Crippen LogP contribution in [0.3, 0.4) is 0 Å². The van der Waals surface area contributed by atoms with Crippen LogP contribution in [0.2, 0.25) is 0 Å². The molecule has 0 aliphatic rings. The fourth-order valence-corrected chi connectivity index (χ4v) is 1.31. The lowest BCUT2D eigenvalue weighted by molar-refractivity contribution is -0.152. The predicted octanol–water partition coefficient (Wildman–Crippen LogP) is 0.920. The zero-order valence-electron chi connectivity index (χ0n) is 9.24. The SMILES string of the molecule is Cc1ccc(NCC(=O)ONC=O)c(C)c1. The van der Waals surface area contributed by atoms with Gasteiger partial charge in [0.05, 0.1) is 0 Å². The Bertz CT molecular complexity index is 391. The number of amides is 1. The highest BCUT2D eigenvalue weighted by Crippen LogP contribution is 2.15. The first-order chi connectivity index (χ1) is 7.63. The predicted molar refractivity (Wildman–Crippen MR) is 59.7 cm³/mol. The third-order valence-electron chi connectivity index (χ3n) is 2.03. The number of carbonyl (C=O) groups is 2. The summed E-state index contributed by atoms with van der Waals surface area (Å²) in [5, 5.41) is 2.92. The summed E-state index contributed by atoms with van der Waals surface area (Å²) in [4.78, 5) is 25.3. The molecular weight excluding hydrogens is 208 g/mol. The van der Waals surface area contributed by atoms with E-state index in [1.807, 2.05) is 37.5 Å². The minimum Gasteiger partial charge on any atom is -0.374 e. The second-order valence-electron chi connectivity index (χ2n) is 3.38. The van der Waals surface area contributed by atoms with E-state index in [0.717, 1.165) is 16.8 Å². The summed E-state index contributed by atoms with van der Waals surface area (Å²) in [6.07, 6.45) is 0.301. The Labute approximate surface area is 93.7 Å². The van der Waals surface area contributed by atoms with Gasteiger partial charge in [0.1, 0.15) is 6.54 Å². The van der Waals surface area contributed by atoms with Crippen molar-refractivity contribution in [2.45, 2.75) is 13.8 Å². The third-order valence-corrected chi connectivity index (χ3v) is 2.03. The molecule has 1 amide bonds. The van der Waals surface area contributed by atoms with E-state index in [0.29, 0.717) is 6.41 Å². The van der Waals surface area contributed by atoms with E-state index in [-0.39, 0.29) is 6.54 Å². The molecule has 0 bridgehead atoms. The topological polar surface area (TPSA) is 67.4 Å². The van der Waals surface area contributed by atoms with E-state index in [4.69, 9.17) is 0 Å². The minimum absolute atomic E-state index is 0.00470. The number of anilines is 1. The average molecular weight is 222 g/mol. The molecule has 0 unspecified atom stereocenters. The van der Waals surface area contributed by atoms with Crippen LogP contribution < -0.4 is 10.8 Å². The molecule has 0 fully saturated rings. The summed E-state index contributed by atoms with van der Waals surface area (Å²) < 4.78 is 0. The zero-order valence-corrected chi connectivity index (χ0v) is 9.24. The van der Waals surface area contributed by atoms with Crippen LogP contribution in [0.5, 0.6) is 0 Å². The number of rotatable bonds is 5. The van der Waals surface area contributed by atoms with Gasteiger partial charge in [-0.1, -0.05) is 17.7 Å². The lowest BCUT2D eigenvalue weighted by atomic mass is 10.1. The fourth-order valence-electron chi connectivity index (χ4n) is 1.31. The summed E-state index contributed by atoms with van der Waals surface area (Å²) in [6, 6.07) is 5.85. The summed E-state index contributed by atoms with van der Waals surface area (Å²) >= 11 is 0. The normalized spacial score (nSPS) is 9.38. The molecule has 5 nitrogen and oxygen atoms in total. The summed E-state index contributed by atoms with van der Waals surface area (Å²) in [7, 11) is 0. The highest BCUT2D eigenvalue weighted by molar-refractivity contribution is 5.75. The first-order valence-electron chi connectivity index (χ1n) is 4.83. The molecule has 86 valence electrons. The van der Waals surface area contributed by atoms with Gasteiger partial charge >= 0.3 is 5.97 Å². The summed E-state index contributed by atoms with van der Waals surface area (Å²) in [6.45, 7) is 3.95. The maximum atomic E-state index is 11.0. The molecule has 1 aromatic carbocycles. The molecule has 5 heteroatoms. The fraction of sp³-hybridized carbons (Fsp3) is 0.273. The number of carbonyl (C=O) groups excluding carboxylic acids is 2. The summed E-state index contributed by atoms with van der Waals surface area (Å²) in [5.41, 5.74) is 4.92. The van der Waals surface area contributed by atoms with Gasteiger partial charge in [-0.3, -0.25) is 4.79 Å². The Morgan fingerprint density at radius 2 is 2.19 bits per heavy atom. The number of aryl methyl sites for hydroxylation is 2. The molecule has 1 rings (SSSR count). The van der Waals surface area contributed by atoms with Crippen molar-refractivity contribution >= 4 is 18.1 Å². The van der Waals surface area contributed by atoms with Crippen LogP contribution in [0.1, 0.15) is 11.1 Å². The van der Waals surface area contributed by atoms with Gasteiger partial charge < -0.3 is 10.2 Å².